The number of benzene rings is 1. The number of carbonyl (C=O) groups is 1. The van der Waals surface area contributed by atoms with E-state index in [9.17, 15) is 9.18 Å². The molecule has 0 radical (unpaired) electrons. The highest BCUT2D eigenvalue weighted by Crippen LogP contribution is 2.28. The van der Waals surface area contributed by atoms with Gasteiger partial charge in [0, 0.05) is 42.5 Å². The van der Waals surface area contributed by atoms with E-state index in [1.807, 2.05) is 18.7 Å². The van der Waals surface area contributed by atoms with Gasteiger partial charge in [0.05, 0.1) is 0 Å². The summed E-state index contributed by atoms with van der Waals surface area (Å²) in [7, 11) is 0. The van der Waals surface area contributed by atoms with Gasteiger partial charge in [-0.05, 0) is 51.3 Å². The molecule has 2 heterocycles. The second-order valence-corrected chi connectivity index (χ2v) is 8.38. The lowest BCUT2D eigenvalue weighted by molar-refractivity contribution is -0.134. The van der Waals surface area contributed by atoms with Crippen molar-refractivity contribution in [2.24, 2.45) is 10.9 Å². The zero-order valence-electron chi connectivity index (χ0n) is 17.8. The maximum absolute atomic E-state index is 13.5. The van der Waals surface area contributed by atoms with Crippen molar-refractivity contribution < 1.29 is 13.6 Å². The normalized spacial score (nSPS) is 20.3. The van der Waals surface area contributed by atoms with Gasteiger partial charge in [-0.3, -0.25) is 4.79 Å². The van der Waals surface area contributed by atoms with Crippen LogP contribution in [0.25, 0.3) is 11.0 Å². The van der Waals surface area contributed by atoms with E-state index in [1.54, 1.807) is 6.07 Å². The van der Waals surface area contributed by atoms with Crippen LogP contribution in [0.5, 0.6) is 0 Å². The average Bonchev–Trinajstić information content (AvgIpc) is 3.48. The van der Waals surface area contributed by atoms with E-state index in [0.29, 0.717) is 24.0 Å². The molecule has 1 aromatic heterocycles. The summed E-state index contributed by atoms with van der Waals surface area (Å²) in [5.41, 5.74) is 1.59. The number of halogens is 1. The molecule has 30 heavy (non-hydrogen) atoms. The SMILES string of the molecule is CCNC(=NCc1oc2ccc(F)cc2c1C)NC1CCN(C(=O)C2CCCC2)C1. The topological polar surface area (TPSA) is 69.9 Å². The van der Waals surface area contributed by atoms with Crippen LogP contribution in [0.3, 0.4) is 0 Å². The van der Waals surface area contributed by atoms with Crippen LogP contribution in [-0.4, -0.2) is 42.4 Å². The number of nitrogens with one attached hydrogen (secondary N) is 2. The Hall–Kier alpha value is -2.57. The minimum absolute atomic E-state index is 0.194. The van der Waals surface area contributed by atoms with Crippen LogP contribution >= 0.6 is 0 Å². The number of furan rings is 1. The molecule has 7 heteroatoms. The van der Waals surface area contributed by atoms with Crippen molar-refractivity contribution in [3.8, 4) is 0 Å². The molecule has 2 aliphatic rings. The van der Waals surface area contributed by atoms with Gasteiger partial charge in [0.15, 0.2) is 5.96 Å². The third kappa shape index (κ3) is 4.45. The highest BCUT2D eigenvalue weighted by Gasteiger charge is 2.32. The van der Waals surface area contributed by atoms with Crippen LogP contribution < -0.4 is 10.6 Å². The van der Waals surface area contributed by atoms with Gasteiger partial charge in [-0.15, -0.1) is 0 Å². The fourth-order valence-corrected chi connectivity index (χ4v) is 4.57. The number of likely N-dealkylation sites (tertiary alicyclic amines) is 1. The number of nitrogens with zero attached hydrogens (tertiary/aromatic N) is 2. The van der Waals surface area contributed by atoms with Crippen molar-refractivity contribution in [2.45, 2.75) is 58.5 Å². The molecule has 1 aliphatic carbocycles. The predicted octanol–water partition coefficient (Wildman–Crippen LogP) is 3.73. The second-order valence-electron chi connectivity index (χ2n) is 8.38. The fourth-order valence-electron chi connectivity index (χ4n) is 4.57. The summed E-state index contributed by atoms with van der Waals surface area (Å²) in [5.74, 6) is 1.73. The van der Waals surface area contributed by atoms with Crippen molar-refractivity contribution in [3.05, 3.63) is 35.3 Å². The zero-order chi connectivity index (χ0) is 21.1. The Kier molecular flexibility index (Phi) is 6.25. The lowest BCUT2D eigenvalue weighted by Gasteiger charge is -2.21. The molecule has 2 fully saturated rings. The quantitative estimate of drug-likeness (QED) is 0.578. The molecule has 1 saturated carbocycles. The molecule has 1 aliphatic heterocycles. The number of aryl methyl sites for hydroxylation is 1. The summed E-state index contributed by atoms with van der Waals surface area (Å²) in [6, 6.07) is 4.75. The van der Waals surface area contributed by atoms with Crippen LogP contribution in [0.2, 0.25) is 0 Å². The van der Waals surface area contributed by atoms with E-state index >= 15 is 0 Å². The number of amides is 1. The van der Waals surface area contributed by atoms with Crippen LogP contribution in [0.4, 0.5) is 4.39 Å². The van der Waals surface area contributed by atoms with Gasteiger partial charge >= 0.3 is 0 Å². The number of rotatable bonds is 5. The van der Waals surface area contributed by atoms with E-state index in [4.69, 9.17) is 4.42 Å². The maximum atomic E-state index is 13.5. The van der Waals surface area contributed by atoms with Crippen molar-refractivity contribution in [2.75, 3.05) is 19.6 Å². The molecule has 0 spiro atoms. The van der Waals surface area contributed by atoms with E-state index in [1.165, 1.54) is 25.0 Å². The van der Waals surface area contributed by atoms with Crippen molar-refractivity contribution in [3.63, 3.8) is 0 Å². The van der Waals surface area contributed by atoms with E-state index in [2.05, 4.69) is 15.6 Å². The number of guanidine groups is 1. The molecule has 0 bridgehead atoms. The molecular weight excluding hydrogens is 383 g/mol. The first-order chi connectivity index (χ1) is 14.5. The maximum Gasteiger partial charge on any atom is 0.225 e. The van der Waals surface area contributed by atoms with Crippen LogP contribution in [-0.2, 0) is 11.3 Å². The third-order valence-electron chi connectivity index (χ3n) is 6.27. The number of carbonyl (C=O) groups excluding carboxylic acids is 1. The molecule has 1 amide bonds. The predicted molar refractivity (Wildman–Crippen MR) is 116 cm³/mol. The second kappa shape index (κ2) is 9.06. The van der Waals surface area contributed by atoms with Crippen LogP contribution in [0.15, 0.2) is 27.6 Å². The van der Waals surface area contributed by atoms with Crippen molar-refractivity contribution >= 4 is 22.8 Å². The molecule has 2 N–H and O–H groups in total. The Balaban J connectivity index is 1.40. The van der Waals surface area contributed by atoms with E-state index < -0.39 is 0 Å². The summed E-state index contributed by atoms with van der Waals surface area (Å²) in [4.78, 5) is 19.4. The fraction of sp³-hybridized carbons (Fsp3) is 0.565. The Morgan fingerprint density at radius 2 is 2.10 bits per heavy atom. The summed E-state index contributed by atoms with van der Waals surface area (Å²) < 4.78 is 19.4. The zero-order valence-corrected chi connectivity index (χ0v) is 17.8. The first-order valence-corrected chi connectivity index (χ1v) is 11.1. The summed E-state index contributed by atoms with van der Waals surface area (Å²) in [6.45, 7) is 6.60. The third-order valence-corrected chi connectivity index (χ3v) is 6.27. The molecule has 6 nitrogen and oxygen atoms in total. The van der Waals surface area contributed by atoms with Gasteiger partial charge in [-0.2, -0.15) is 0 Å². The number of hydrogen-bond acceptors (Lipinski definition) is 3. The molecule has 1 unspecified atom stereocenters. The van der Waals surface area contributed by atoms with Gasteiger partial charge in [0.2, 0.25) is 5.91 Å². The standard InChI is InChI=1S/C23H31FN4O2/c1-3-25-23(26-13-21-15(2)19-12-17(24)8-9-20(19)30-21)27-18-10-11-28(14-18)22(29)16-6-4-5-7-16/h8-9,12,16,18H,3-7,10-11,13-14H2,1-2H3,(H2,25,26,27). The monoisotopic (exact) mass is 414 g/mol. The molecular formula is C23H31FN4O2. The average molecular weight is 415 g/mol. The van der Waals surface area contributed by atoms with E-state index in [0.717, 1.165) is 55.6 Å². The minimum atomic E-state index is -0.269. The minimum Gasteiger partial charge on any atom is -0.459 e. The lowest BCUT2D eigenvalue weighted by Crippen LogP contribution is -2.45. The Labute approximate surface area is 176 Å². The molecule has 4 rings (SSSR count). The highest BCUT2D eigenvalue weighted by atomic mass is 19.1. The summed E-state index contributed by atoms with van der Waals surface area (Å²) >= 11 is 0. The number of hydrogen-bond donors (Lipinski definition) is 2. The van der Waals surface area contributed by atoms with Gasteiger partial charge < -0.3 is 20.0 Å². The molecule has 162 valence electrons. The largest absolute Gasteiger partial charge is 0.459 e. The lowest BCUT2D eigenvalue weighted by atomic mass is 10.1. The Morgan fingerprint density at radius 1 is 1.30 bits per heavy atom. The van der Waals surface area contributed by atoms with Gasteiger partial charge in [-0.25, -0.2) is 9.38 Å². The van der Waals surface area contributed by atoms with E-state index in [-0.39, 0.29) is 17.8 Å². The van der Waals surface area contributed by atoms with Gasteiger partial charge in [0.25, 0.3) is 0 Å². The molecule has 1 aromatic carbocycles. The van der Waals surface area contributed by atoms with Crippen LogP contribution in [0.1, 0.15) is 50.4 Å². The smallest absolute Gasteiger partial charge is 0.225 e. The number of fused-ring (bicyclic) bond motifs is 1. The molecule has 1 saturated heterocycles. The molecule has 1 atom stereocenters. The number of aliphatic imine (C=N–C) groups is 1. The van der Waals surface area contributed by atoms with Gasteiger partial charge in [0.1, 0.15) is 23.7 Å². The Morgan fingerprint density at radius 3 is 2.87 bits per heavy atom. The van der Waals surface area contributed by atoms with Crippen molar-refractivity contribution in [1.29, 1.82) is 0 Å². The highest BCUT2D eigenvalue weighted by molar-refractivity contribution is 5.83. The van der Waals surface area contributed by atoms with Gasteiger partial charge in [-0.1, -0.05) is 12.8 Å². The molecule has 2 aromatic rings. The first-order valence-electron chi connectivity index (χ1n) is 11.1. The first kappa shape index (κ1) is 20.7. The Bertz CT molecular complexity index is 933. The summed E-state index contributed by atoms with van der Waals surface area (Å²) in [5, 5.41) is 7.53. The van der Waals surface area contributed by atoms with Crippen molar-refractivity contribution in [1.82, 2.24) is 15.5 Å². The summed E-state index contributed by atoms with van der Waals surface area (Å²) in [6.07, 6.45) is 5.36. The van der Waals surface area contributed by atoms with Crippen LogP contribution in [0, 0.1) is 18.7 Å².